The molecular weight excluding hydrogens is 521 g/mol. The van der Waals surface area contributed by atoms with Crippen LogP contribution >= 0.6 is 34.8 Å². The molecule has 11 heteroatoms. The third-order valence-electron chi connectivity index (χ3n) is 4.73. The number of phenolic OH excluding ortho intramolecular Hbond substituents is 1. The van der Waals surface area contributed by atoms with Gasteiger partial charge in [0.25, 0.3) is 0 Å². The Balaban J connectivity index is 1.53. The Labute approximate surface area is 215 Å². The van der Waals surface area contributed by atoms with Crippen LogP contribution in [0.1, 0.15) is 29.6 Å². The molecule has 0 aliphatic carbocycles. The second-order valence-electron chi connectivity index (χ2n) is 7.28. The zero-order valence-electron chi connectivity index (χ0n) is 18.1. The molecule has 4 N–H and O–H groups in total. The molecule has 0 bridgehead atoms. The minimum absolute atomic E-state index is 0.0405. The average molecular weight is 541 g/mol. The zero-order chi connectivity index (χ0) is 25.5. The van der Waals surface area contributed by atoms with Gasteiger partial charge in [0, 0.05) is 22.5 Å². The number of amides is 1. The number of rotatable bonds is 10. The number of hydrogen-bond acceptors (Lipinski definition) is 6. The molecule has 3 aromatic carbocycles. The minimum atomic E-state index is -1.39. The summed E-state index contributed by atoms with van der Waals surface area (Å²) in [5, 5.41) is 32.5. The number of carbonyl (C=O) groups is 2. The van der Waals surface area contributed by atoms with Gasteiger partial charge >= 0.3 is 5.97 Å². The highest BCUT2D eigenvalue weighted by atomic mass is 35.5. The van der Waals surface area contributed by atoms with Crippen LogP contribution in [0.3, 0.4) is 0 Å². The molecule has 0 saturated heterocycles. The van der Waals surface area contributed by atoms with E-state index in [1.165, 1.54) is 0 Å². The largest absolute Gasteiger partial charge is 0.506 e. The summed E-state index contributed by atoms with van der Waals surface area (Å²) in [5.41, 5.74) is -0.793. The summed E-state index contributed by atoms with van der Waals surface area (Å²) in [6.07, 6.45) is 0.929. The lowest BCUT2D eigenvalue weighted by Gasteiger charge is -2.14. The van der Waals surface area contributed by atoms with Gasteiger partial charge in [0.15, 0.2) is 17.2 Å². The number of benzene rings is 3. The van der Waals surface area contributed by atoms with Gasteiger partial charge in [-0.2, -0.15) is 0 Å². The highest BCUT2D eigenvalue weighted by Gasteiger charge is 2.18. The molecule has 0 unspecified atom stereocenters. The van der Waals surface area contributed by atoms with Gasteiger partial charge in [-0.25, -0.2) is 4.79 Å². The van der Waals surface area contributed by atoms with Crippen LogP contribution in [0, 0.1) is 0 Å². The van der Waals surface area contributed by atoms with Gasteiger partial charge in [-0.15, -0.1) is 0 Å². The number of carbonyl (C=O) groups excluding carboxylic acids is 1. The molecular formula is C24H20Cl3NO7. The van der Waals surface area contributed by atoms with Crippen LogP contribution in [0.25, 0.3) is 0 Å². The van der Waals surface area contributed by atoms with Crippen molar-refractivity contribution in [3.8, 4) is 28.7 Å². The van der Waals surface area contributed by atoms with Crippen LogP contribution in [0.15, 0.2) is 48.5 Å². The Kier molecular flexibility index (Phi) is 8.92. The number of halogens is 3. The first-order valence-electron chi connectivity index (χ1n) is 10.3. The molecule has 0 saturated carbocycles. The lowest BCUT2D eigenvalue weighted by atomic mass is 10.1. The minimum Gasteiger partial charge on any atom is -0.506 e. The van der Waals surface area contributed by atoms with Gasteiger partial charge in [0.05, 0.1) is 11.6 Å². The Morgan fingerprint density at radius 2 is 1.54 bits per heavy atom. The Morgan fingerprint density at radius 3 is 2.23 bits per heavy atom. The zero-order valence-corrected chi connectivity index (χ0v) is 20.3. The van der Waals surface area contributed by atoms with E-state index >= 15 is 0 Å². The SMILES string of the molecule is O=C(CCCCOc1cc(Cl)ccc1Oc1ccc(Cl)cc1Cl)Nc1c(O)ccc(C(=O)O)c1O. The standard InChI is InChI=1S/C24H20Cl3NO7/c25-13-4-8-18(16(27)11-13)35-19-9-5-14(26)12-20(19)34-10-2-1-3-21(30)28-22-17(29)7-6-15(23(22)31)24(32)33/h4-9,11-12,29,31H,1-3,10H2,(H,28,30)(H,32,33). The van der Waals surface area contributed by atoms with E-state index < -0.39 is 28.9 Å². The van der Waals surface area contributed by atoms with Gasteiger partial charge in [-0.3, -0.25) is 4.79 Å². The van der Waals surface area contributed by atoms with E-state index in [9.17, 15) is 19.8 Å². The van der Waals surface area contributed by atoms with E-state index in [4.69, 9.17) is 49.4 Å². The Hall–Kier alpha value is -3.33. The van der Waals surface area contributed by atoms with Gasteiger partial charge < -0.3 is 30.1 Å². The first-order chi connectivity index (χ1) is 16.7. The summed E-state index contributed by atoms with van der Waals surface area (Å²) in [5.74, 6) is -1.91. The van der Waals surface area contributed by atoms with Crippen LogP contribution in [0.4, 0.5) is 5.69 Å². The lowest BCUT2D eigenvalue weighted by Crippen LogP contribution is -2.13. The van der Waals surface area contributed by atoms with E-state index in [-0.39, 0.29) is 18.7 Å². The molecule has 0 aliphatic rings. The summed E-state index contributed by atoms with van der Waals surface area (Å²) < 4.78 is 11.6. The van der Waals surface area contributed by atoms with Crippen molar-refractivity contribution in [1.82, 2.24) is 0 Å². The molecule has 35 heavy (non-hydrogen) atoms. The molecule has 0 fully saturated rings. The molecule has 0 heterocycles. The third kappa shape index (κ3) is 7.08. The molecule has 0 atom stereocenters. The van der Waals surface area contributed by atoms with Crippen LogP contribution < -0.4 is 14.8 Å². The van der Waals surface area contributed by atoms with Crippen molar-refractivity contribution >= 4 is 52.4 Å². The van der Waals surface area contributed by atoms with Crippen LogP contribution in [-0.2, 0) is 4.79 Å². The van der Waals surface area contributed by atoms with E-state index in [0.717, 1.165) is 12.1 Å². The first kappa shape index (κ1) is 26.3. The summed E-state index contributed by atoms with van der Waals surface area (Å²) in [6.45, 7) is 0.239. The number of phenols is 2. The van der Waals surface area contributed by atoms with Gasteiger partial charge in [-0.05, 0) is 55.3 Å². The van der Waals surface area contributed by atoms with E-state index in [2.05, 4.69) is 5.32 Å². The number of aromatic carboxylic acids is 1. The molecule has 8 nitrogen and oxygen atoms in total. The molecule has 0 spiro atoms. The Morgan fingerprint density at radius 1 is 0.857 bits per heavy atom. The first-order valence-corrected chi connectivity index (χ1v) is 11.4. The van der Waals surface area contributed by atoms with Crippen molar-refractivity contribution < 1.29 is 34.4 Å². The second-order valence-corrected chi connectivity index (χ2v) is 8.56. The summed E-state index contributed by atoms with van der Waals surface area (Å²) >= 11 is 18.2. The number of hydrogen-bond donors (Lipinski definition) is 4. The number of anilines is 1. The van der Waals surface area contributed by atoms with Crippen molar-refractivity contribution in [1.29, 1.82) is 0 Å². The monoisotopic (exact) mass is 539 g/mol. The maximum absolute atomic E-state index is 12.2. The quantitative estimate of drug-likeness (QED) is 0.166. The Bertz CT molecular complexity index is 1250. The van der Waals surface area contributed by atoms with Crippen molar-refractivity contribution in [2.45, 2.75) is 19.3 Å². The fraction of sp³-hybridized carbons (Fsp3) is 0.167. The molecule has 0 aliphatic heterocycles. The van der Waals surface area contributed by atoms with Crippen molar-refractivity contribution in [2.24, 2.45) is 0 Å². The summed E-state index contributed by atoms with van der Waals surface area (Å²) in [7, 11) is 0. The summed E-state index contributed by atoms with van der Waals surface area (Å²) in [6, 6.07) is 11.8. The number of ether oxygens (including phenoxy) is 2. The fourth-order valence-electron chi connectivity index (χ4n) is 3.00. The van der Waals surface area contributed by atoms with Gasteiger partial charge in [0.1, 0.15) is 22.7 Å². The van der Waals surface area contributed by atoms with Gasteiger partial charge in [0.2, 0.25) is 5.91 Å². The number of carboxylic acid groups (broad SMARTS) is 1. The lowest BCUT2D eigenvalue weighted by molar-refractivity contribution is -0.116. The predicted molar refractivity (Wildman–Crippen MR) is 133 cm³/mol. The van der Waals surface area contributed by atoms with E-state index in [0.29, 0.717) is 45.2 Å². The van der Waals surface area contributed by atoms with E-state index in [1.807, 2.05) is 0 Å². The molecule has 1 amide bonds. The third-order valence-corrected chi connectivity index (χ3v) is 5.49. The number of carboxylic acids is 1. The summed E-state index contributed by atoms with van der Waals surface area (Å²) in [4.78, 5) is 23.3. The second kappa shape index (κ2) is 11.9. The normalized spacial score (nSPS) is 10.6. The maximum Gasteiger partial charge on any atom is 0.339 e. The van der Waals surface area contributed by atoms with Crippen molar-refractivity contribution in [3.05, 3.63) is 69.2 Å². The topological polar surface area (TPSA) is 125 Å². The molecule has 0 aromatic heterocycles. The smallest absolute Gasteiger partial charge is 0.339 e. The highest BCUT2D eigenvalue weighted by molar-refractivity contribution is 6.35. The number of unbranched alkanes of at least 4 members (excludes halogenated alkanes) is 1. The number of aromatic hydroxyl groups is 2. The maximum atomic E-state index is 12.2. The van der Waals surface area contributed by atoms with Crippen LogP contribution in [0.2, 0.25) is 15.1 Å². The highest BCUT2D eigenvalue weighted by Crippen LogP contribution is 2.38. The van der Waals surface area contributed by atoms with Gasteiger partial charge in [-0.1, -0.05) is 34.8 Å². The molecule has 0 radical (unpaired) electrons. The van der Waals surface area contributed by atoms with E-state index in [1.54, 1.807) is 36.4 Å². The average Bonchev–Trinajstić information content (AvgIpc) is 2.79. The fourth-order valence-corrected chi connectivity index (χ4v) is 3.61. The van der Waals surface area contributed by atoms with Crippen LogP contribution in [-0.4, -0.2) is 33.8 Å². The molecule has 3 rings (SSSR count). The molecule has 3 aromatic rings. The van der Waals surface area contributed by atoms with Crippen molar-refractivity contribution in [2.75, 3.05) is 11.9 Å². The number of nitrogens with one attached hydrogen (secondary N) is 1. The van der Waals surface area contributed by atoms with Crippen molar-refractivity contribution in [3.63, 3.8) is 0 Å². The van der Waals surface area contributed by atoms with Crippen LogP contribution in [0.5, 0.6) is 28.7 Å². The molecule has 184 valence electrons. The predicted octanol–water partition coefficient (Wildman–Crippen LogP) is 6.74.